The predicted molar refractivity (Wildman–Crippen MR) is 106 cm³/mol. The van der Waals surface area contributed by atoms with E-state index < -0.39 is 0 Å². The predicted octanol–water partition coefficient (Wildman–Crippen LogP) is 3.00. The van der Waals surface area contributed by atoms with E-state index in [2.05, 4.69) is 32.5 Å². The van der Waals surface area contributed by atoms with Gasteiger partial charge < -0.3 is 10.6 Å². The van der Waals surface area contributed by atoms with Crippen LogP contribution in [-0.2, 0) is 19.4 Å². The van der Waals surface area contributed by atoms with E-state index >= 15 is 0 Å². The number of nitrogens with one attached hydrogen (secondary N) is 2. The zero-order valence-corrected chi connectivity index (χ0v) is 17.0. The summed E-state index contributed by atoms with van der Waals surface area (Å²) in [6, 6.07) is 0. The first kappa shape index (κ1) is 19.3. The molecular weight excluding hydrogens is 429 g/mol. The quantitative estimate of drug-likeness (QED) is 0.403. The number of aromatic nitrogens is 2. The molecule has 0 radical (unpaired) electrons. The molecule has 0 atom stereocenters. The summed E-state index contributed by atoms with van der Waals surface area (Å²) in [5.74, 6) is 0.815. The fraction of sp³-hybridized carbons (Fsp3) is 0.500. The molecule has 0 aliphatic carbocycles. The van der Waals surface area contributed by atoms with E-state index in [9.17, 15) is 0 Å². The Balaban J connectivity index is 0.00000242. The van der Waals surface area contributed by atoms with E-state index in [1.165, 1.54) is 14.8 Å². The number of hydrogen-bond acceptors (Lipinski definition) is 5. The molecule has 2 aromatic heterocycles. The Bertz CT molecular complexity index is 594. The lowest BCUT2D eigenvalue weighted by Gasteiger charge is -2.10. The lowest BCUT2D eigenvalue weighted by atomic mass is 10.4. The molecule has 2 rings (SSSR count). The van der Waals surface area contributed by atoms with Crippen LogP contribution in [0.2, 0.25) is 0 Å². The third-order valence-corrected chi connectivity index (χ3v) is 5.20. The molecule has 122 valence electrons. The molecule has 0 amide bonds. The van der Waals surface area contributed by atoms with Gasteiger partial charge in [0.15, 0.2) is 5.96 Å². The maximum atomic E-state index is 4.42. The first-order valence-corrected chi connectivity index (χ1v) is 8.69. The van der Waals surface area contributed by atoms with Crippen molar-refractivity contribution in [3.8, 4) is 0 Å². The topological polar surface area (TPSA) is 62.2 Å². The second kappa shape index (κ2) is 10.1. The van der Waals surface area contributed by atoms with Crippen LogP contribution in [0.25, 0.3) is 0 Å². The molecule has 2 N–H and O–H groups in total. The maximum Gasteiger partial charge on any atom is 0.191 e. The van der Waals surface area contributed by atoms with Crippen molar-refractivity contribution in [2.75, 3.05) is 13.6 Å². The number of guanidine groups is 1. The Labute approximate surface area is 156 Å². The molecule has 2 heterocycles. The number of thiazole rings is 2. The minimum Gasteiger partial charge on any atom is -0.356 e. The summed E-state index contributed by atoms with van der Waals surface area (Å²) < 4.78 is 0. The summed E-state index contributed by atoms with van der Waals surface area (Å²) >= 11 is 3.45. The summed E-state index contributed by atoms with van der Waals surface area (Å²) in [4.78, 5) is 15.5. The monoisotopic (exact) mass is 451 g/mol. The van der Waals surface area contributed by atoms with Crippen molar-refractivity contribution >= 4 is 52.6 Å². The van der Waals surface area contributed by atoms with Crippen molar-refractivity contribution in [3.05, 3.63) is 32.2 Å². The molecule has 0 fully saturated rings. The van der Waals surface area contributed by atoms with Gasteiger partial charge in [0, 0.05) is 36.0 Å². The minimum absolute atomic E-state index is 0. The van der Waals surface area contributed by atoms with Crippen LogP contribution in [0, 0.1) is 6.92 Å². The molecule has 22 heavy (non-hydrogen) atoms. The number of rotatable bonds is 6. The van der Waals surface area contributed by atoms with E-state index in [4.69, 9.17) is 0 Å². The van der Waals surface area contributed by atoms with Crippen molar-refractivity contribution in [2.24, 2.45) is 4.99 Å². The Morgan fingerprint density at radius 1 is 1.32 bits per heavy atom. The second-order valence-electron chi connectivity index (χ2n) is 4.54. The highest BCUT2D eigenvalue weighted by Crippen LogP contribution is 2.13. The van der Waals surface area contributed by atoms with Gasteiger partial charge in [-0.25, -0.2) is 9.97 Å². The van der Waals surface area contributed by atoms with Crippen molar-refractivity contribution in [1.82, 2.24) is 20.6 Å². The van der Waals surface area contributed by atoms with Gasteiger partial charge >= 0.3 is 0 Å². The first-order chi connectivity index (χ1) is 10.2. The third-order valence-electron chi connectivity index (χ3n) is 3.07. The van der Waals surface area contributed by atoms with Crippen LogP contribution in [-0.4, -0.2) is 29.5 Å². The molecule has 0 aliphatic heterocycles. The number of aliphatic imine (C=N–C) groups is 1. The van der Waals surface area contributed by atoms with E-state index in [-0.39, 0.29) is 24.0 Å². The largest absolute Gasteiger partial charge is 0.356 e. The van der Waals surface area contributed by atoms with Crippen LogP contribution in [0.15, 0.2) is 16.7 Å². The number of hydrogen-bond donors (Lipinski definition) is 2. The molecule has 5 nitrogen and oxygen atoms in total. The van der Waals surface area contributed by atoms with Gasteiger partial charge in [-0.3, -0.25) is 4.99 Å². The van der Waals surface area contributed by atoms with E-state index in [0.717, 1.165) is 37.6 Å². The van der Waals surface area contributed by atoms with Gasteiger partial charge in [-0.15, -0.1) is 46.7 Å². The molecule has 2 aromatic rings. The van der Waals surface area contributed by atoms with Gasteiger partial charge in [0.05, 0.1) is 22.8 Å². The average Bonchev–Trinajstić information content (AvgIpc) is 3.11. The Morgan fingerprint density at radius 3 is 2.73 bits per heavy atom. The van der Waals surface area contributed by atoms with E-state index in [1.807, 2.05) is 18.6 Å². The highest BCUT2D eigenvalue weighted by atomic mass is 127. The Hall–Kier alpha value is -0.740. The maximum absolute atomic E-state index is 4.42. The summed E-state index contributed by atoms with van der Waals surface area (Å²) in [7, 11) is 1.79. The van der Waals surface area contributed by atoms with Crippen LogP contribution in [0.5, 0.6) is 0 Å². The SMILES string of the molecule is CCc1cnc(CCNC(=NC)NCc2scnc2C)s1.I. The zero-order valence-electron chi connectivity index (χ0n) is 13.0. The third kappa shape index (κ3) is 5.81. The van der Waals surface area contributed by atoms with Gasteiger partial charge in [-0.1, -0.05) is 6.92 Å². The summed E-state index contributed by atoms with van der Waals surface area (Å²) in [6.07, 6.45) is 3.95. The standard InChI is InChI=1S/C14H21N5S2.HI/c1-4-11-7-17-13(21-11)5-6-16-14(15-3)18-8-12-10(2)19-9-20-12;/h7,9H,4-6,8H2,1-3H3,(H2,15,16,18);1H. The smallest absolute Gasteiger partial charge is 0.191 e. The Morgan fingerprint density at radius 2 is 2.14 bits per heavy atom. The van der Waals surface area contributed by atoms with Crippen LogP contribution < -0.4 is 10.6 Å². The summed E-state index contributed by atoms with van der Waals surface area (Å²) in [5.41, 5.74) is 2.95. The van der Waals surface area contributed by atoms with Crippen LogP contribution >= 0.6 is 46.7 Å². The van der Waals surface area contributed by atoms with Gasteiger partial charge in [0.1, 0.15) is 0 Å². The van der Waals surface area contributed by atoms with Crippen molar-refractivity contribution in [1.29, 1.82) is 0 Å². The summed E-state index contributed by atoms with van der Waals surface area (Å²) in [5, 5.41) is 7.80. The van der Waals surface area contributed by atoms with E-state index in [1.54, 1.807) is 29.7 Å². The van der Waals surface area contributed by atoms with E-state index in [0.29, 0.717) is 0 Å². The molecule has 0 spiro atoms. The van der Waals surface area contributed by atoms with Crippen molar-refractivity contribution in [2.45, 2.75) is 33.2 Å². The molecule has 0 bridgehead atoms. The molecule has 0 unspecified atom stereocenters. The van der Waals surface area contributed by atoms with Gasteiger partial charge in [-0.05, 0) is 13.3 Å². The molecule has 0 saturated carbocycles. The first-order valence-electron chi connectivity index (χ1n) is 7.00. The lowest BCUT2D eigenvalue weighted by molar-refractivity contribution is 0.794. The fourth-order valence-electron chi connectivity index (χ4n) is 1.80. The normalized spacial score (nSPS) is 11.1. The lowest BCUT2D eigenvalue weighted by Crippen LogP contribution is -2.37. The summed E-state index contributed by atoms with van der Waals surface area (Å²) in [6.45, 7) is 5.77. The number of nitrogens with zero attached hydrogens (tertiary/aromatic N) is 3. The number of aryl methyl sites for hydroxylation is 2. The number of halogens is 1. The van der Waals surface area contributed by atoms with Crippen molar-refractivity contribution in [3.63, 3.8) is 0 Å². The van der Waals surface area contributed by atoms with Gasteiger partial charge in [-0.2, -0.15) is 0 Å². The van der Waals surface area contributed by atoms with Crippen molar-refractivity contribution < 1.29 is 0 Å². The highest BCUT2D eigenvalue weighted by Gasteiger charge is 2.04. The average molecular weight is 451 g/mol. The zero-order chi connectivity index (χ0) is 15.1. The highest BCUT2D eigenvalue weighted by molar-refractivity contribution is 14.0. The molecule has 0 saturated heterocycles. The van der Waals surface area contributed by atoms with Crippen LogP contribution in [0.1, 0.15) is 27.4 Å². The Kier molecular flexibility index (Phi) is 8.88. The van der Waals surface area contributed by atoms with Gasteiger partial charge in [0.2, 0.25) is 0 Å². The van der Waals surface area contributed by atoms with Crippen LogP contribution in [0.4, 0.5) is 0 Å². The van der Waals surface area contributed by atoms with Gasteiger partial charge in [0.25, 0.3) is 0 Å². The second-order valence-corrected chi connectivity index (χ2v) is 6.68. The molecule has 0 aliphatic rings. The molecular formula is C14H22IN5S2. The molecule has 8 heteroatoms. The fourth-order valence-corrected chi connectivity index (χ4v) is 3.37. The molecule has 0 aromatic carbocycles. The van der Waals surface area contributed by atoms with Crippen LogP contribution in [0.3, 0.4) is 0 Å². The minimum atomic E-state index is 0.